The Labute approximate surface area is 133 Å². The van der Waals surface area contributed by atoms with Crippen molar-refractivity contribution < 1.29 is 13.2 Å². The minimum atomic E-state index is -3.38. The molecule has 0 aliphatic rings. The molecule has 0 bridgehead atoms. The summed E-state index contributed by atoms with van der Waals surface area (Å²) in [5.74, 6) is -0.323. The van der Waals surface area contributed by atoms with Gasteiger partial charge in [0.2, 0.25) is 10.0 Å². The van der Waals surface area contributed by atoms with E-state index in [1.54, 1.807) is 42.6 Å². The molecule has 0 unspecified atom stereocenters. The lowest BCUT2D eigenvalue weighted by Gasteiger charge is -2.11. The highest BCUT2D eigenvalue weighted by molar-refractivity contribution is 7.92. The van der Waals surface area contributed by atoms with Gasteiger partial charge in [0.1, 0.15) is 4.64 Å². The second-order valence-corrected chi connectivity index (χ2v) is 6.78. The molecule has 116 valence electrons. The summed E-state index contributed by atoms with van der Waals surface area (Å²) >= 11 is 5.05. The fraction of sp³-hybridized carbons (Fsp3) is 0.143. The van der Waals surface area contributed by atoms with Gasteiger partial charge in [-0.25, -0.2) is 8.42 Å². The maximum absolute atomic E-state index is 12.1. The lowest BCUT2D eigenvalue weighted by Crippen LogP contribution is -2.24. The van der Waals surface area contributed by atoms with E-state index >= 15 is 0 Å². The molecular weight excluding hydrogens is 322 g/mol. The van der Waals surface area contributed by atoms with Crippen LogP contribution < -0.4 is 10.0 Å². The number of carbonyl (C=O) groups is 1. The van der Waals surface area contributed by atoms with Crippen LogP contribution in [0.4, 0.5) is 5.69 Å². The average molecular weight is 337 g/mol. The third-order valence-electron chi connectivity index (χ3n) is 2.81. The second-order valence-electron chi connectivity index (χ2n) is 4.63. The highest BCUT2D eigenvalue weighted by Crippen LogP contribution is 2.16. The zero-order valence-corrected chi connectivity index (χ0v) is 13.4. The highest BCUT2D eigenvalue weighted by atomic mass is 32.2. The van der Waals surface area contributed by atoms with Crippen LogP contribution in [0.2, 0.25) is 0 Å². The van der Waals surface area contributed by atoms with E-state index < -0.39 is 10.0 Å². The molecule has 3 N–H and O–H groups in total. The van der Waals surface area contributed by atoms with Gasteiger partial charge in [-0.15, -0.1) is 0 Å². The molecule has 6 nitrogen and oxygen atoms in total. The number of sulfonamides is 1. The molecule has 1 aromatic carbocycles. The van der Waals surface area contributed by atoms with Gasteiger partial charge in [-0.3, -0.25) is 9.52 Å². The molecule has 0 radical (unpaired) electrons. The fourth-order valence-electron chi connectivity index (χ4n) is 1.84. The van der Waals surface area contributed by atoms with Gasteiger partial charge in [-0.05, 0) is 23.8 Å². The van der Waals surface area contributed by atoms with Gasteiger partial charge < -0.3 is 10.3 Å². The van der Waals surface area contributed by atoms with Gasteiger partial charge in [0.25, 0.3) is 5.91 Å². The van der Waals surface area contributed by atoms with Crippen LogP contribution in [0.15, 0.2) is 42.6 Å². The minimum Gasteiger partial charge on any atom is -0.352 e. The molecule has 2 aromatic rings. The first-order valence-electron chi connectivity index (χ1n) is 6.38. The number of rotatable bonds is 5. The molecule has 0 fully saturated rings. The van der Waals surface area contributed by atoms with Crippen molar-refractivity contribution in [1.29, 1.82) is 0 Å². The number of carbonyl (C=O) groups excluding carboxylic acids is 1. The van der Waals surface area contributed by atoms with Crippen LogP contribution in [-0.2, 0) is 16.6 Å². The maximum atomic E-state index is 12.1. The second kappa shape index (κ2) is 6.71. The number of anilines is 1. The minimum absolute atomic E-state index is 0.182. The van der Waals surface area contributed by atoms with Gasteiger partial charge in [-0.1, -0.05) is 30.4 Å². The molecule has 8 heteroatoms. The van der Waals surface area contributed by atoms with E-state index in [0.29, 0.717) is 21.5 Å². The first-order chi connectivity index (χ1) is 10.4. The van der Waals surface area contributed by atoms with Gasteiger partial charge >= 0.3 is 0 Å². The number of aromatic amines is 1. The Hall–Kier alpha value is -2.19. The molecule has 1 amide bonds. The maximum Gasteiger partial charge on any atom is 0.254 e. The number of pyridine rings is 1. The van der Waals surface area contributed by atoms with E-state index in [4.69, 9.17) is 12.2 Å². The standard InChI is InChI=1S/C14H15N3O3S2/c1-22(19,20)17-12-7-3-2-5-10(12)9-16-13(18)11-6-4-8-15-14(11)21/h2-8,17H,9H2,1H3,(H,15,21)(H,16,18). The molecular formula is C14H15N3O3S2. The topological polar surface area (TPSA) is 91.1 Å². The lowest BCUT2D eigenvalue weighted by molar-refractivity contribution is 0.0950. The number of amides is 1. The molecule has 0 spiro atoms. The van der Waals surface area contributed by atoms with Crippen molar-refractivity contribution in [2.75, 3.05) is 11.0 Å². The van der Waals surface area contributed by atoms with E-state index in [9.17, 15) is 13.2 Å². The molecule has 0 aliphatic heterocycles. The van der Waals surface area contributed by atoms with E-state index in [2.05, 4.69) is 15.0 Å². The van der Waals surface area contributed by atoms with Gasteiger partial charge in [0.05, 0.1) is 17.5 Å². The van der Waals surface area contributed by atoms with Crippen LogP contribution in [0.3, 0.4) is 0 Å². The fourth-order valence-corrected chi connectivity index (χ4v) is 2.67. The molecule has 2 rings (SSSR count). The van der Waals surface area contributed by atoms with Crippen LogP contribution in [-0.4, -0.2) is 25.6 Å². The summed E-state index contributed by atoms with van der Waals surface area (Å²) in [5, 5.41) is 2.72. The first-order valence-corrected chi connectivity index (χ1v) is 8.68. The monoisotopic (exact) mass is 337 g/mol. The smallest absolute Gasteiger partial charge is 0.254 e. The quantitative estimate of drug-likeness (QED) is 0.728. The van der Waals surface area contributed by atoms with E-state index in [0.717, 1.165) is 6.26 Å². The van der Waals surface area contributed by atoms with Crippen molar-refractivity contribution in [1.82, 2.24) is 10.3 Å². The number of H-pyrrole nitrogens is 1. The SMILES string of the molecule is CS(=O)(=O)Nc1ccccc1CNC(=O)c1ccc[nH]c1=S. The Morgan fingerprint density at radius 1 is 1.23 bits per heavy atom. The van der Waals surface area contributed by atoms with Crippen molar-refractivity contribution in [3.8, 4) is 0 Å². The number of hydrogen-bond donors (Lipinski definition) is 3. The van der Waals surface area contributed by atoms with Gasteiger partial charge in [0.15, 0.2) is 0 Å². The van der Waals surface area contributed by atoms with E-state index in [1.807, 2.05) is 0 Å². The molecule has 0 saturated heterocycles. The lowest BCUT2D eigenvalue weighted by atomic mass is 10.2. The number of nitrogens with one attached hydrogen (secondary N) is 3. The van der Waals surface area contributed by atoms with Crippen molar-refractivity contribution in [2.45, 2.75) is 6.54 Å². The van der Waals surface area contributed by atoms with Gasteiger partial charge in [-0.2, -0.15) is 0 Å². The Morgan fingerprint density at radius 3 is 2.64 bits per heavy atom. The van der Waals surface area contributed by atoms with Crippen LogP contribution in [0, 0.1) is 4.64 Å². The summed E-state index contributed by atoms with van der Waals surface area (Å²) in [7, 11) is -3.38. The average Bonchev–Trinajstić information content (AvgIpc) is 2.45. The molecule has 1 heterocycles. The Morgan fingerprint density at radius 2 is 1.95 bits per heavy atom. The van der Waals surface area contributed by atoms with E-state index in [1.165, 1.54) is 0 Å². The predicted molar refractivity (Wildman–Crippen MR) is 87.7 cm³/mol. The molecule has 1 aromatic heterocycles. The largest absolute Gasteiger partial charge is 0.352 e. The summed E-state index contributed by atoms with van der Waals surface area (Å²) in [6, 6.07) is 10.2. The number of para-hydroxylation sites is 1. The van der Waals surface area contributed by atoms with E-state index in [-0.39, 0.29) is 12.5 Å². The van der Waals surface area contributed by atoms with Crippen molar-refractivity contribution in [3.63, 3.8) is 0 Å². The van der Waals surface area contributed by atoms with Crippen molar-refractivity contribution in [2.24, 2.45) is 0 Å². The molecule has 0 saturated carbocycles. The predicted octanol–water partition coefficient (Wildman–Crippen LogP) is 2.05. The highest BCUT2D eigenvalue weighted by Gasteiger charge is 2.10. The third kappa shape index (κ3) is 4.40. The zero-order valence-electron chi connectivity index (χ0n) is 11.8. The Kier molecular flexibility index (Phi) is 4.94. The molecule has 22 heavy (non-hydrogen) atoms. The molecule has 0 atom stereocenters. The van der Waals surface area contributed by atoms with Crippen molar-refractivity contribution in [3.05, 3.63) is 58.4 Å². The first kappa shape index (κ1) is 16.2. The van der Waals surface area contributed by atoms with Crippen LogP contribution in [0.25, 0.3) is 0 Å². The summed E-state index contributed by atoms with van der Waals surface area (Å²) in [5.41, 5.74) is 1.46. The summed E-state index contributed by atoms with van der Waals surface area (Å²) < 4.78 is 25.4. The Balaban J connectivity index is 2.14. The number of benzene rings is 1. The van der Waals surface area contributed by atoms with Crippen LogP contribution >= 0.6 is 12.2 Å². The van der Waals surface area contributed by atoms with Crippen LogP contribution in [0.5, 0.6) is 0 Å². The van der Waals surface area contributed by atoms with Crippen LogP contribution in [0.1, 0.15) is 15.9 Å². The third-order valence-corrected chi connectivity index (χ3v) is 3.74. The normalized spacial score (nSPS) is 11.0. The molecule has 0 aliphatic carbocycles. The van der Waals surface area contributed by atoms with Crippen molar-refractivity contribution >= 4 is 33.8 Å². The Bertz CT molecular complexity index is 844. The zero-order chi connectivity index (χ0) is 16.2. The summed E-state index contributed by atoms with van der Waals surface area (Å²) in [6.07, 6.45) is 2.72. The summed E-state index contributed by atoms with van der Waals surface area (Å²) in [6.45, 7) is 0.182. The van der Waals surface area contributed by atoms with Gasteiger partial charge in [0, 0.05) is 12.7 Å². The number of aromatic nitrogens is 1. The summed E-state index contributed by atoms with van der Waals surface area (Å²) in [4.78, 5) is 14.9. The number of hydrogen-bond acceptors (Lipinski definition) is 4.